The van der Waals surface area contributed by atoms with Gasteiger partial charge in [-0.3, -0.25) is 0 Å². The highest BCUT2D eigenvalue weighted by molar-refractivity contribution is 5.05. The van der Waals surface area contributed by atoms with Gasteiger partial charge in [0.05, 0.1) is 11.7 Å². The Balaban J connectivity index is 4.23. The van der Waals surface area contributed by atoms with Crippen LogP contribution in [0, 0.1) is 11.3 Å². The highest BCUT2D eigenvalue weighted by Crippen LogP contribution is 2.24. The van der Waals surface area contributed by atoms with Gasteiger partial charge >= 0.3 is 0 Å². The van der Waals surface area contributed by atoms with Crippen molar-refractivity contribution in [3.05, 3.63) is 24.3 Å². The minimum absolute atomic E-state index is 0.0164. The molecule has 0 aliphatic carbocycles. The topological polar surface area (TPSA) is 40.5 Å². The van der Waals surface area contributed by atoms with Gasteiger partial charge in [0.2, 0.25) is 0 Å². The Morgan fingerprint density at radius 3 is 1.94 bits per heavy atom. The van der Waals surface area contributed by atoms with Crippen molar-refractivity contribution in [2.24, 2.45) is 11.3 Å². The molecule has 0 radical (unpaired) electrons. The van der Waals surface area contributed by atoms with Gasteiger partial charge in [-0.15, -0.1) is 0 Å². The van der Waals surface area contributed by atoms with Crippen LogP contribution in [-0.4, -0.2) is 21.9 Å². The predicted molar refractivity (Wildman–Crippen MR) is 78.4 cm³/mol. The molecule has 2 heteroatoms. The fourth-order valence-corrected chi connectivity index (χ4v) is 1.79. The van der Waals surface area contributed by atoms with E-state index in [1.54, 1.807) is 0 Å². The summed E-state index contributed by atoms with van der Waals surface area (Å²) in [5.41, 5.74) is -0.717. The van der Waals surface area contributed by atoms with Crippen LogP contribution in [0.1, 0.15) is 54.4 Å². The van der Waals surface area contributed by atoms with E-state index in [1.807, 2.05) is 39.8 Å². The predicted octanol–water partition coefficient (Wildman–Crippen LogP) is 3.69. The molecule has 0 fully saturated rings. The van der Waals surface area contributed by atoms with Crippen molar-refractivity contribution in [2.75, 3.05) is 0 Å². The lowest BCUT2D eigenvalue weighted by atomic mass is 9.86. The average molecular weight is 254 g/mol. The summed E-state index contributed by atoms with van der Waals surface area (Å²) in [4.78, 5) is 0. The fourth-order valence-electron chi connectivity index (χ4n) is 1.79. The zero-order valence-corrected chi connectivity index (χ0v) is 12.8. The van der Waals surface area contributed by atoms with Gasteiger partial charge in [-0.05, 0) is 38.0 Å². The second-order valence-electron chi connectivity index (χ2n) is 6.46. The second kappa shape index (κ2) is 7.10. The summed E-state index contributed by atoms with van der Waals surface area (Å²) in [6.07, 6.45) is 9.38. The van der Waals surface area contributed by atoms with E-state index in [0.717, 1.165) is 12.8 Å². The Kier molecular flexibility index (Phi) is 6.87. The third kappa shape index (κ3) is 7.67. The zero-order chi connectivity index (χ0) is 14.4. The standard InChI is InChI=1S/C16H30O2/c1-13(2)16(6,18)11-9-7-8-10-15(4,5)12-14(3)17/h8-11,13-14,17-18H,7,12H2,1-6H3/b10-8+,11-9+. The molecule has 2 nitrogen and oxygen atoms in total. The number of hydrogen-bond donors (Lipinski definition) is 2. The summed E-state index contributed by atoms with van der Waals surface area (Å²) in [5, 5.41) is 19.4. The van der Waals surface area contributed by atoms with E-state index >= 15 is 0 Å². The van der Waals surface area contributed by atoms with Gasteiger partial charge in [-0.1, -0.05) is 52.0 Å². The molecular weight excluding hydrogens is 224 g/mol. The molecule has 0 saturated carbocycles. The van der Waals surface area contributed by atoms with Crippen molar-refractivity contribution in [1.29, 1.82) is 0 Å². The highest BCUT2D eigenvalue weighted by atomic mass is 16.3. The van der Waals surface area contributed by atoms with Crippen LogP contribution in [-0.2, 0) is 0 Å². The summed E-state index contributed by atoms with van der Waals surface area (Å²) < 4.78 is 0. The van der Waals surface area contributed by atoms with Gasteiger partial charge in [0.1, 0.15) is 0 Å². The fraction of sp³-hybridized carbons (Fsp3) is 0.750. The first kappa shape index (κ1) is 17.4. The minimum Gasteiger partial charge on any atom is -0.393 e. The van der Waals surface area contributed by atoms with Crippen LogP contribution in [0.5, 0.6) is 0 Å². The summed E-state index contributed by atoms with van der Waals surface area (Å²) in [5.74, 6) is 0.212. The van der Waals surface area contributed by atoms with Crippen LogP contribution in [0.2, 0.25) is 0 Å². The van der Waals surface area contributed by atoms with Crippen LogP contribution in [0.15, 0.2) is 24.3 Å². The summed E-state index contributed by atoms with van der Waals surface area (Å²) in [6.45, 7) is 11.9. The van der Waals surface area contributed by atoms with Crippen molar-refractivity contribution in [2.45, 2.75) is 66.1 Å². The lowest BCUT2D eigenvalue weighted by Gasteiger charge is -2.23. The number of aliphatic hydroxyl groups is 2. The van der Waals surface area contributed by atoms with E-state index in [2.05, 4.69) is 26.0 Å². The molecule has 0 bridgehead atoms. The van der Waals surface area contributed by atoms with E-state index in [1.165, 1.54) is 0 Å². The van der Waals surface area contributed by atoms with Gasteiger partial charge in [0, 0.05) is 0 Å². The van der Waals surface area contributed by atoms with E-state index in [-0.39, 0.29) is 17.4 Å². The maximum Gasteiger partial charge on any atom is 0.0822 e. The van der Waals surface area contributed by atoms with Crippen LogP contribution < -0.4 is 0 Å². The number of aliphatic hydroxyl groups excluding tert-OH is 1. The maximum absolute atomic E-state index is 10.0. The Hall–Kier alpha value is -0.600. The van der Waals surface area contributed by atoms with E-state index in [0.29, 0.717) is 0 Å². The third-order valence-electron chi connectivity index (χ3n) is 3.29. The first-order valence-corrected chi connectivity index (χ1v) is 6.82. The SMILES string of the molecule is CC(O)CC(C)(C)/C=C/C/C=C/C(C)(O)C(C)C. The number of hydrogen-bond acceptors (Lipinski definition) is 2. The van der Waals surface area contributed by atoms with Crippen molar-refractivity contribution >= 4 is 0 Å². The molecule has 0 spiro atoms. The molecule has 0 aromatic rings. The number of rotatable bonds is 7. The third-order valence-corrected chi connectivity index (χ3v) is 3.29. The molecule has 0 amide bonds. The molecule has 0 aliphatic rings. The maximum atomic E-state index is 10.0. The van der Waals surface area contributed by atoms with Crippen molar-refractivity contribution in [3.8, 4) is 0 Å². The molecule has 18 heavy (non-hydrogen) atoms. The molecule has 0 aromatic carbocycles. The smallest absolute Gasteiger partial charge is 0.0822 e. The van der Waals surface area contributed by atoms with Gasteiger partial charge in [-0.25, -0.2) is 0 Å². The lowest BCUT2D eigenvalue weighted by molar-refractivity contribution is 0.0624. The Morgan fingerprint density at radius 2 is 1.50 bits per heavy atom. The molecule has 106 valence electrons. The Bertz CT molecular complexity index is 283. The normalized spacial score (nSPS) is 18.7. The van der Waals surface area contributed by atoms with E-state index in [4.69, 9.17) is 0 Å². The molecule has 0 aliphatic heterocycles. The molecule has 0 aromatic heterocycles. The first-order chi connectivity index (χ1) is 8.07. The van der Waals surface area contributed by atoms with Gasteiger partial charge in [0.25, 0.3) is 0 Å². The van der Waals surface area contributed by atoms with Crippen molar-refractivity contribution < 1.29 is 10.2 Å². The number of allylic oxidation sites excluding steroid dienone is 3. The quantitative estimate of drug-likeness (QED) is 0.680. The zero-order valence-electron chi connectivity index (χ0n) is 12.8. The molecule has 2 unspecified atom stereocenters. The minimum atomic E-state index is -0.733. The summed E-state index contributed by atoms with van der Waals surface area (Å²) in [6, 6.07) is 0. The second-order valence-corrected chi connectivity index (χ2v) is 6.46. The van der Waals surface area contributed by atoms with Crippen molar-refractivity contribution in [1.82, 2.24) is 0 Å². The molecule has 0 saturated heterocycles. The molecule has 2 atom stereocenters. The summed E-state index contributed by atoms with van der Waals surface area (Å²) >= 11 is 0. The molecule has 0 heterocycles. The van der Waals surface area contributed by atoms with Crippen LogP contribution >= 0.6 is 0 Å². The van der Waals surface area contributed by atoms with Crippen LogP contribution in [0.25, 0.3) is 0 Å². The van der Waals surface area contributed by atoms with E-state index < -0.39 is 5.60 Å². The van der Waals surface area contributed by atoms with Crippen LogP contribution in [0.3, 0.4) is 0 Å². The van der Waals surface area contributed by atoms with Crippen LogP contribution in [0.4, 0.5) is 0 Å². The lowest BCUT2D eigenvalue weighted by Crippen LogP contribution is -2.27. The summed E-state index contributed by atoms with van der Waals surface area (Å²) in [7, 11) is 0. The Morgan fingerprint density at radius 1 is 1.00 bits per heavy atom. The first-order valence-electron chi connectivity index (χ1n) is 6.82. The van der Waals surface area contributed by atoms with Gasteiger partial charge in [0.15, 0.2) is 0 Å². The highest BCUT2D eigenvalue weighted by Gasteiger charge is 2.20. The van der Waals surface area contributed by atoms with Crippen molar-refractivity contribution in [3.63, 3.8) is 0 Å². The molecule has 0 rings (SSSR count). The Labute approximate surface area is 112 Å². The van der Waals surface area contributed by atoms with E-state index in [9.17, 15) is 10.2 Å². The largest absolute Gasteiger partial charge is 0.393 e. The monoisotopic (exact) mass is 254 g/mol. The molecule has 2 N–H and O–H groups in total. The average Bonchev–Trinajstić information content (AvgIpc) is 2.14. The van der Waals surface area contributed by atoms with Gasteiger partial charge in [-0.2, -0.15) is 0 Å². The van der Waals surface area contributed by atoms with Gasteiger partial charge < -0.3 is 10.2 Å². The molecular formula is C16H30O2.